The summed E-state index contributed by atoms with van der Waals surface area (Å²) in [5.41, 5.74) is 3.29. The first-order chi connectivity index (χ1) is 6.20. The van der Waals surface area contributed by atoms with Crippen LogP contribution >= 0.6 is 0 Å². The SMILES string of the molecule is C=C1c2cn[n-]c2CCN1C(C)C.[Re]. The third-order valence-electron chi connectivity index (χ3n) is 2.55. The molecule has 0 fully saturated rings. The van der Waals surface area contributed by atoms with Crippen LogP contribution in [0.4, 0.5) is 0 Å². The minimum atomic E-state index is 0. The molecule has 1 aliphatic rings. The van der Waals surface area contributed by atoms with Crippen LogP contribution in [-0.4, -0.2) is 22.6 Å². The van der Waals surface area contributed by atoms with Gasteiger partial charge in [-0.05, 0) is 25.8 Å². The van der Waals surface area contributed by atoms with Crippen molar-refractivity contribution in [2.45, 2.75) is 26.3 Å². The molecule has 1 aromatic heterocycles. The summed E-state index contributed by atoms with van der Waals surface area (Å²) < 4.78 is 0. The topological polar surface area (TPSA) is 30.2 Å². The molecule has 0 N–H and O–H groups in total. The minimum absolute atomic E-state index is 0. The molecule has 77 valence electrons. The molecular formula is C10H14N3Re-. The molecule has 0 bridgehead atoms. The molecule has 1 radical (unpaired) electrons. The fraction of sp³-hybridized carbons (Fsp3) is 0.500. The maximum atomic E-state index is 4.08. The Kier molecular flexibility index (Phi) is 3.52. The summed E-state index contributed by atoms with van der Waals surface area (Å²) in [6.07, 6.45) is 2.80. The number of hydrogen-bond donors (Lipinski definition) is 0. The summed E-state index contributed by atoms with van der Waals surface area (Å²) in [6.45, 7) is 9.45. The van der Waals surface area contributed by atoms with Gasteiger partial charge in [-0.3, -0.25) is 0 Å². The number of aromatic nitrogens is 2. The van der Waals surface area contributed by atoms with Gasteiger partial charge >= 0.3 is 0 Å². The number of nitrogens with zero attached hydrogens (tertiary/aromatic N) is 3. The average molecular weight is 362 g/mol. The standard InChI is InChI=1S/C10H14N3.Re/c1-7(2)13-5-4-10-9(8(13)3)6-11-12-10;/h6-7H,3-5H2,1-2H3;/q-1;. The van der Waals surface area contributed by atoms with E-state index in [2.05, 4.69) is 35.5 Å². The van der Waals surface area contributed by atoms with Crippen molar-refractivity contribution in [3.63, 3.8) is 0 Å². The Morgan fingerprint density at radius 1 is 1.57 bits per heavy atom. The van der Waals surface area contributed by atoms with Gasteiger partial charge in [0.25, 0.3) is 0 Å². The van der Waals surface area contributed by atoms with Gasteiger partial charge in [0.1, 0.15) is 0 Å². The van der Waals surface area contributed by atoms with Gasteiger partial charge in [-0.25, -0.2) is 0 Å². The summed E-state index contributed by atoms with van der Waals surface area (Å²) in [4.78, 5) is 2.30. The van der Waals surface area contributed by atoms with Gasteiger partial charge in [0.15, 0.2) is 0 Å². The molecule has 0 saturated carbocycles. The maximum Gasteiger partial charge on any atom is 0.0368 e. The van der Waals surface area contributed by atoms with Crippen LogP contribution in [0, 0.1) is 0 Å². The van der Waals surface area contributed by atoms with Crippen LogP contribution in [0.15, 0.2) is 12.8 Å². The van der Waals surface area contributed by atoms with Crippen LogP contribution < -0.4 is 5.10 Å². The Bertz CT molecular complexity index is 330. The Morgan fingerprint density at radius 2 is 2.29 bits per heavy atom. The van der Waals surface area contributed by atoms with Crippen LogP contribution in [0.5, 0.6) is 0 Å². The first kappa shape index (κ1) is 11.5. The zero-order valence-corrected chi connectivity index (χ0v) is 11.2. The van der Waals surface area contributed by atoms with Crippen molar-refractivity contribution in [1.29, 1.82) is 0 Å². The van der Waals surface area contributed by atoms with E-state index in [9.17, 15) is 0 Å². The van der Waals surface area contributed by atoms with Gasteiger partial charge < -0.3 is 15.1 Å². The number of rotatable bonds is 1. The third-order valence-corrected chi connectivity index (χ3v) is 2.55. The number of hydrogen-bond acceptors (Lipinski definition) is 2. The normalized spacial score (nSPS) is 15.4. The predicted octanol–water partition coefficient (Wildman–Crippen LogP) is 1.27. The fourth-order valence-corrected chi connectivity index (χ4v) is 1.80. The Balaban J connectivity index is 0.000000980. The zero-order valence-electron chi connectivity index (χ0n) is 8.50. The summed E-state index contributed by atoms with van der Waals surface area (Å²) in [6, 6.07) is 0.510. The van der Waals surface area contributed by atoms with E-state index in [4.69, 9.17) is 0 Å². The molecule has 0 spiro atoms. The van der Waals surface area contributed by atoms with Crippen molar-refractivity contribution in [3.8, 4) is 0 Å². The summed E-state index contributed by atoms with van der Waals surface area (Å²) >= 11 is 0. The molecule has 2 rings (SSSR count). The third kappa shape index (κ3) is 1.77. The van der Waals surface area contributed by atoms with Crippen molar-refractivity contribution < 1.29 is 20.4 Å². The first-order valence-corrected chi connectivity index (χ1v) is 4.63. The van der Waals surface area contributed by atoms with E-state index >= 15 is 0 Å². The van der Waals surface area contributed by atoms with E-state index in [1.54, 1.807) is 0 Å². The van der Waals surface area contributed by atoms with Crippen molar-refractivity contribution in [2.24, 2.45) is 0 Å². The quantitative estimate of drug-likeness (QED) is 0.754. The van der Waals surface area contributed by atoms with Crippen molar-refractivity contribution in [2.75, 3.05) is 6.54 Å². The van der Waals surface area contributed by atoms with Crippen LogP contribution in [-0.2, 0) is 26.8 Å². The molecule has 0 unspecified atom stereocenters. The van der Waals surface area contributed by atoms with E-state index in [0.29, 0.717) is 6.04 Å². The van der Waals surface area contributed by atoms with Gasteiger partial charge in [0, 0.05) is 44.9 Å². The van der Waals surface area contributed by atoms with Crippen molar-refractivity contribution in [1.82, 2.24) is 15.1 Å². The van der Waals surface area contributed by atoms with Crippen LogP contribution in [0.1, 0.15) is 25.1 Å². The van der Waals surface area contributed by atoms with Gasteiger partial charge in [0.2, 0.25) is 0 Å². The van der Waals surface area contributed by atoms with E-state index < -0.39 is 0 Å². The van der Waals surface area contributed by atoms with Gasteiger partial charge in [-0.15, -0.1) is 5.69 Å². The molecule has 3 nitrogen and oxygen atoms in total. The average Bonchev–Trinajstić information content (AvgIpc) is 2.52. The summed E-state index contributed by atoms with van der Waals surface area (Å²) in [5, 5.41) is 7.97. The molecule has 0 atom stereocenters. The van der Waals surface area contributed by atoms with E-state index in [1.807, 2.05) is 6.20 Å². The smallest absolute Gasteiger partial charge is 0.0368 e. The molecular weight excluding hydrogens is 348 g/mol. The molecule has 1 aromatic rings. The second kappa shape index (κ2) is 4.29. The van der Waals surface area contributed by atoms with Crippen molar-refractivity contribution in [3.05, 3.63) is 24.0 Å². The summed E-state index contributed by atoms with van der Waals surface area (Å²) in [5.74, 6) is 0. The molecule has 0 amide bonds. The minimum Gasteiger partial charge on any atom is -0.578 e. The molecule has 1 aliphatic heterocycles. The van der Waals surface area contributed by atoms with E-state index in [-0.39, 0.29) is 20.4 Å². The van der Waals surface area contributed by atoms with Crippen LogP contribution in [0.25, 0.3) is 5.70 Å². The maximum absolute atomic E-state index is 4.08. The fourth-order valence-electron chi connectivity index (χ4n) is 1.80. The molecule has 14 heavy (non-hydrogen) atoms. The second-order valence-electron chi connectivity index (χ2n) is 3.69. The Hall–Kier alpha value is -0.588. The molecule has 0 aromatic carbocycles. The molecule has 4 heteroatoms. The van der Waals surface area contributed by atoms with Gasteiger partial charge in [-0.2, -0.15) is 0 Å². The first-order valence-electron chi connectivity index (χ1n) is 4.63. The van der Waals surface area contributed by atoms with Crippen molar-refractivity contribution >= 4 is 5.70 Å². The molecule has 2 heterocycles. The second-order valence-corrected chi connectivity index (χ2v) is 3.69. The summed E-state index contributed by atoms with van der Waals surface area (Å²) in [7, 11) is 0. The predicted molar refractivity (Wildman–Crippen MR) is 52.1 cm³/mol. The Labute approximate surface area is 98.2 Å². The Morgan fingerprint density at radius 3 is 2.93 bits per heavy atom. The zero-order chi connectivity index (χ0) is 9.42. The molecule has 0 saturated heterocycles. The van der Waals surface area contributed by atoms with Gasteiger partial charge in [0.05, 0.1) is 0 Å². The van der Waals surface area contributed by atoms with E-state index in [1.165, 1.54) is 0 Å². The van der Waals surface area contributed by atoms with E-state index in [0.717, 1.165) is 29.9 Å². The van der Waals surface area contributed by atoms with Crippen LogP contribution in [0.3, 0.4) is 0 Å². The monoisotopic (exact) mass is 363 g/mol. The number of fused-ring (bicyclic) bond motifs is 1. The van der Waals surface area contributed by atoms with Crippen LogP contribution in [0.2, 0.25) is 0 Å². The molecule has 0 aliphatic carbocycles. The van der Waals surface area contributed by atoms with Gasteiger partial charge in [-0.1, -0.05) is 6.58 Å². The largest absolute Gasteiger partial charge is 0.578 e.